The van der Waals surface area contributed by atoms with E-state index in [1.807, 2.05) is 0 Å². The average Bonchev–Trinajstić information content (AvgIpc) is 2.87. The minimum atomic E-state index is 0.251. The molecule has 19 heavy (non-hydrogen) atoms. The molecule has 0 fully saturated rings. The van der Waals surface area contributed by atoms with Gasteiger partial charge in [0.25, 0.3) is 0 Å². The summed E-state index contributed by atoms with van der Waals surface area (Å²) >= 11 is 0. The summed E-state index contributed by atoms with van der Waals surface area (Å²) in [4.78, 5) is 2.43. The van der Waals surface area contributed by atoms with Gasteiger partial charge in [-0.05, 0) is 48.8 Å². The molecule has 1 aromatic rings. The molecule has 2 heteroatoms. The summed E-state index contributed by atoms with van der Waals surface area (Å²) in [6.07, 6.45) is 6.12. The number of aliphatic hydroxyl groups is 1. The molecule has 0 spiro atoms. The quantitative estimate of drug-likeness (QED) is 0.815. The topological polar surface area (TPSA) is 23.5 Å². The van der Waals surface area contributed by atoms with Crippen molar-refractivity contribution in [2.24, 2.45) is 0 Å². The molecule has 0 heterocycles. The van der Waals surface area contributed by atoms with E-state index in [2.05, 4.69) is 36.9 Å². The first-order chi connectivity index (χ1) is 9.28. The lowest BCUT2D eigenvalue weighted by atomic mass is 10.0. The minimum absolute atomic E-state index is 0.251. The van der Waals surface area contributed by atoms with Crippen molar-refractivity contribution in [1.82, 2.24) is 4.90 Å². The zero-order valence-corrected chi connectivity index (χ0v) is 12.4. The summed E-state index contributed by atoms with van der Waals surface area (Å²) in [6.45, 7) is 6.48. The van der Waals surface area contributed by atoms with E-state index in [1.165, 1.54) is 24.8 Å². The lowest BCUT2D eigenvalue weighted by Crippen LogP contribution is -2.36. The first-order valence-corrected chi connectivity index (χ1v) is 7.74. The number of hydrogen-bond donors (Lipinski definition) is 1. The Morgan fingerprint density at radius 1 is 1.16 bits per heavy atom. The van der Waals surface area contributed by atoms with Crippen LogP contribution < -0.4 is 0 Å². The van der Waals surface area contributed by atoms with Gasteiger partial charge in [0.2, 0.25) is 0 Å². The number of fused-ring (bicyclic) bond motifs is 1. The number of hydrogen-bond acceptors (Lipinski definition) is 2. The monoisotopic (exact) mass is 261 g/mol. The third-order valence-electron chi connectivity index (χ3n) is 4.39. The van der Waals surface area contributed by atoms with Crippen LogP contribution in [0.3, 0.4) is 0 Å². The molecule has 1 aliphatic rings. The van der Waals surface area contributed by atoms with Crippen molar-refractivity contribution >= 4 is 0 Å². The van der Waals surface area contributed by atoms with Crippen molar-refractivity contribution in [2.45, 2.75) is 58.5 Å². The number of nitrogens with zero attached hydrogens (tertiary/aromatic N) is 1. The zero-order chi connectivity index (χ0) is 13.7. The van der Waals surface area contributed by atoms with E-state index in [9.17, 15) is 5.11 Å². The van der Waals surface area contributed by atoms with Crippen molar-refractivity contribution < 1.29 is 5.11 Å². The van der Waals surface area contributed by atoms with E-state index < -0.39 is 0 Å². The standard InChI is InChI=1S/C17H27NO/c1-3-17(4-2)18(10-11-19)13-14-8-9-15-6-5-7-16(15)12-14/h8-9,12,17,19H,3-7,10-11,13H2,1-2H3. The third kappa shape index (κ3) is 3.58. The van der Waals surface area contributed by atoms with Gasteiger partial charge in [-0.15, -0.1) is 0 Å². The maximum atomic E-state index is 9.27. The zero-order valence-electron chi connectivity index (χ0n) is 12.4. The van der Waals surface area contributed by atoms with E-state index >= 15 is 0 Å². The third-order valence-corrected chi connectivity index (χ3v) is 4.39. The molecule has 106 valence electrons. The maximum Gasteiger partial charge on any atom is 0.0558 e. The first-order valence-electron chi connectivity index (χ1n) is 7.74. The van der Waals surface area contributed by atoms with E-state index in [0.29, 0.717) is 6.04 Å². The molecule has 0 amide bonds. The predicted octanol–water partition coefficient (Wildman–Crippen LogP) is 3.16. The fourth-order valence-electron chi connectivity index (χ4n) is 3.28. The van der Waals surface area contributed by atoms with Crippen LogP contribution in [-0.4, -0.2) is 29.2 Å². The molecule has 0 unspecified atom stereocenters. The Balaban J connectivity index is 2.08. The second-order valence-electron chi connectivity index (χ2n) is 5.62. The molecule has 0 radical (unpaired) electrons. The summed E-state index contributed by atoms with van der Waals surface area (Å²) in [5.41, 5.74) is 4.49. The highest BCUT2D eigenvalue weighted by atomic mass is 16.3. The largest absolute Gasteiger partial charge is 0.395 e. The lowest BCUT2D eigenvalue weighted by Gasteiger charge is -2.30. The van der Waals surface area contributed by atoms with E-state index in [0.717, 1.165) is 25.9 Å². The van der Waals surface area contributed by atoms with Gasteiger partial charge in [0, 0.05) is 19.1 Å². The van der Waals surface area contributed by atoms with Gasteiger partial charge in [-0.3, -0.25) is 4.90 Å². The molecular formula is C17H27NO. The fraction of sp³-hybridized carbons (Fsp3) is 0.647. The Kier molecular flexibility index (Phi) is 5.41. The molecule has 1 aliphatic carbocycles. The van der Waals surface area contributed by atoms with Crippen LogP contribution in [0.1, 0.15) is 49.8 Å². The van der Waals surface area contributed by atoms with E-state index in [-0.39, 0.29) is 6.61 Å². The van der Waals surface area contributed by atoms with Gasteiger partial charge >= 0.3 is 0 Å². The molecule has 0 bridgehead atoms. The van der Waals surface area contributed by atoms with Gasteiger partial charge in [-0.2, -0.15) is 0 Å². The van der Waals surface area contributed by atoms with Crippen molar-refractivity contribution in [2.75, 3.05) is 13.2 Å². The minimum Gasteiger partial charge on any atom is -0.395 e. The highest BCUT2D eigenvalue weighted by Crippen LogP contribution is 2.24. The van der Waals surface area contributed by atoms with Crippen LogP contribution in [0.15, 0.2) is 18.2 Å². The van der Waals surface area contributed by atoms with Crippen molar-refractivity contribution in [3.8, 4) is 0 Å². The number of aliphatic hydroxyl groups excluding tert-OH is 1. The van der Waals surface area contributed by atoms with Crippen molar-refractivity contribution in [3.63, 3.8) is 0 Å². The summed E-state index contributed by atoms with van der Waals surface area (Å²) < 4.78 is 0. The van der Waals surface area contributed by atoms with Crippen LogP contribution in [0.2, 0.25) is 0 Å². The molecule has 1 aromatic carbocycles. The smallest absolute Gasteiger partial charge is 0.0558 e. The van der Waals surface area contributed by atoms with Gasteiger partial charge in [-0.25, -0.2) is 0 Å². The number of aryl methyl sites for hydroxylation is 2. The second kappa shape index (κ2) is 7.06. The van der Waals surface area contributed by atoms with Gasteiger partial charge in [0.1, 0.15) is 0 Å². The van der Waals surface area contributed by atoms with E-state index in [4.69, 9.17) is 0 Å². The molecule has 0 atom stereocenters. The molecule has 1 N–H and O–H groups in total. The van der Waals surface area contributed by atoms with Crippen LogP contribution in [0.25, 0.3) is 0 Å². The molecule has 2 rings (SSSR count). The summed E-state index contributed by atoms with van der Waals surface area (Å²) in [6, 6.07) is 7.55. The van der Waals surface area contributed by atoms with Crippen LogP contribution in [0.4, 0.5) is 0 Å². The summed E-state index contributed by atoms with van der Waals surface area (Å²) in [5.74, 6) is 0. The van der Waals surface area contributed by atoms with Crippen LogP contribution in [-0.2, 0) is 19.4 Å². The first kappa shape index (κ1) is 14.5. The Morgan fingerprint density at radius 2 is 1.89 bits per heavy atom. The number of benzene rings is 1. The van der Waals surface area contributed by atoms with Crippen LogP contribution in [0.5, 0.6) is 0 Å². The SMILES string of the molecule is CCC(CC)N(CCO)Cc1ccc2c(c1)CCC2. The molecular weight excluding hydrogens is 234 g/mol. The molecule has 0 aromatic heterocycles. The highest BCUT2D eigenvalue weighted by Gasteiger charge is 2.16. The van der Waals surface area contributed by atoms with E-state index in [1.54, 1.807) is 11.1 Å². The molecule has 0 aliphatic heterocycles. The van der Waals surface area contributed by atoms with Gasteiger partial charge in [0.15, 0.2) is 0 Å². The second-order valence-corrected chi connectivity index (χ2v) is 5.62. The van der Waals surface area contributed by atoms with Crippen LogP contribution >= 0.6 is 0 Å². The Morgan fingerprint density at radius 3 is 2.58 bits per heavy atom. The van der Waals surface area contributed by atoms with Gasteiger partial charge in [-0.1, -0.05) is 32.0 Å². The number of rotatable bonds is 7. The summed E-state index contributed by atoms with van der Waals surface area (Å²) in [7, 11) is 0. The summed E-state index contributed by atoms with van der Waals surface area (Å²) in [5, 5.41) is 9.27. The van der Waals surface area contributed by atoms with Crippen molar-refractivity contribution in [3.05, 3.63) is 34.9 Å². The molecule has 2 nitrogen and oxygen atoms in total. The Hall–Kier alpha value is -0.860. The maximum absolute atomic E-state index is 9.27. The molecule has 0 saturated heterocycles. The lowest BCUT2D eigenvalue weighted by molar-refractivity contribution is 0.136. The van der Waals surface area contributed by atoms with Crippen molar-refractivity contribution in [1.29, 1.82) is 0 Å². The Bertz CT molecular complexity index is 398. The average molecular weight is 261 g/mol. The van der Waals surface area contributed by atoms with Gasteiger partial charge < -0.3 is 5.11 Å². The molecule has 0 saturated carbocycles. The fourth-order valence-corrected chi connectivity index (χ4v) is 3.28. The normalized spacial score (nSPS) is 14.4. The Labute approximate surface area is 117 Å². The highest BCUT2D eigenvalue weighted by molar-refractivity contribution is 5.35. The predicted molar refractivity (Wildman–Crippen MR) is 80.3 cm³/mol. The van der Waals surface area contributed by atoms with Crippen LogP contribution in [0, 0.1) is 0 Å². The van der Waals surface area contributed by atoms with Gasteiger partial charge in [0.05, 0.1) is 6.61 Å².